The zero-order valence-corrected chi connectivity index (χ0v) is 19.1. The lowest BCUT2D eigenvalue weighted by Gasteiger charge is -2.12. The van der Waals surface area contributed by atoms with Gasteiger partial charge in [-0.3, -0.25) is 4.79 Å². The van der Waals surface area contributed by atoms with Crippen LogP contribution in [0.3, 0.4) is 0 Å². The van der Waals surface area contributed by atoms with Crippen molar-refractivity contribution in [3.63, 3.8) is 0 Å². The summed E-state index contributed by atoms with van der Waals surface area (Å²) < 4.78 is 8.49. The summed E-state index contributed by atoms with van der Waals surface area (Å²) in [6.07, 6.45) is 1.59. The second kappa shape index (κ2) is 8.30. The van der Waals surface area contributed by atoms with Crippen LogP contribution in [0.25, 0.3) is 16.7 Å². The Morgan fingerprint density at radius 2 is 1.93 bits per heavy atom. The minimum Gasteiger partial charge on any atom is -0.451 e. The van der Waals surface area contributed by atoms with E-state index < -0.39 is 5.91 Å². The highest BCUT2D eigenvalue weighted by Gasteiger charge is 2.14. The van der Waals surface area contributed by atoms with Gasteiger partial charge in [0.25, 0.3) is 0 Å². The Kier molecular flexibility index (Phi) is 5.73. The first-order valence-electron chi connectivity index (χ1n) is 9.00. The van der Waals surface area contributed by atoms with Gasteiger partial charge >= 0.3 is 5.91 Å². The van der Waals surface area contributed by atoms with E-state index in [1.54, 1.807) is 30.5 Å². The Morgan fingerprint density at radius 3 is 2.73 bits per heavy atom. The van der Waals surface area contributed by atoms with Gasteiger partial charge in [-0.15, -0.1) is 0 Å². The standard InChI is InChI=1S/C22H16BrCl2N3O2/c1-12-7-15(13(2)28(12)19-10-17(24)4-5-18(19)25)11-26-27-22(29)21-9-14-8-16(23)3-6-20(14)30-21/h3-11H,1-2H3,(H,27,29)/b26-11+. The maximum Gasteiger partial charge on any atom is 0.307 e. The Hall–Kier alpha value is -2.54. The molecular formula is C22H16BrCl2N3O2. The van der Waals surface area contributed by atoms with Crippen molar-refractivity contribution in [1.82, 2.24) is 9.99 Å². The Morgan fingerprint density at radius 1 is 1.13 bits per heavy atom. The Balaban J connectivity index is 1.55. The van der Waals surface area contributed by atoms with Crippen LogP contribution in [-0.2, 0) is 0 Å². The fraction of sp³-hybridized carbons (Fsp3) is 0.0909. The normalized spacial score (nSPS) is 11.5. The van der Waals surface area contributed by atoms with Crippen LogP contribution in [0.4, 0.5) is 0 Å². The fourth-order valence-corrected chi connectivity index (χ4v) is 4.04. The van der Waals surface area contributed by atoms with E-state index in [0.29, 0.717) is 15.6 Å². The maximum atomic E-state index is 12.4. The number of carbonyl (C=O) groups is 1. The monoisotopic (exact) mass is 503 g/mol. The molecule has 4 aromatic rings. The summed E-state index contributed by atoms with van der Waals surface area (Å²) in [6.45, 7) is 3.91. The van der Waals surface area contributed by atoms with Crippen molar-refractivity contribution in [1.29, 1.82) is 0 Å². The molecule has 0 fully saturated rings. The van der Waals surface area contributed by atoms with Gasteiger partial charge in [0.1, 0.15) is 5.58 Å². The first-order chi connectivity index (χ1) is 14.3. The lowest BCUT2D eigenvalue weighted by Crippen LogP contribution is -2.16. The number of amides is 1. The third-order valence-electron chi connectivity index (χ3n) is 4.69. The van der Waals surface area contributed by atoms with Crippen molar-refractivity contribution in [2.75, 3.05) is 0 Å². The van der Waals surface area contributed by atoms with Crippen LogP contribution >= 0.6 is 39.1 Å². The fourth-order valence-electron chi connectivity index (χ4n) is 3.29. The average molecular weight is 505 g/mol. The summed E-state index contributed by atoms with van der Waals surface area (Å²) in [5, 5.41) is 6.11. The molecule has 0 unspecified atom stereocenters. The SMILES string of the molecule is Cc1cc(/C=N/NC(=O)c2cc3cc(Br)ccc3o2)c(C)n1-c1cc(Cl)ccc1Cl. The van der Waals surface area contributed by atoms with E-state index in [9.17, 15) is 4.79 Å². The van der Waals surface area contributed by atoms with Crippen LogP contribution in [0.1, 0.15) is 27.5 Å². The molecule has 30 heavy (non-hydrogen) atoms. The lowest BCUT2D eigenvalue weighted by atomic mass is 10.2. The molecule has 0 spiro atoms. The lowest BCUT2D eigenvalue weighted by molar-refractivity contribution is 0.0929. The number of aryl methyl sites for hydroxylation is 1. The molecule has 0 aliphatic carbocycles. The largest absolute Gasteiger partial charge is 0.451 e. The molecule has 0 aliphatic heterocycles. The van der Waals surface area contributed by atoms with Crippen molar-refractivity contribution >= 4 is 62.2 Å². The molecular weight excluding hydrogens is 489 g/mol. The maximum absolute atomic E-state index is 12.4. The first-order valence-corrected chi connectivity index (χ1v) is 10.6. The Bertz CT molecular complexity index is 1310. The van der Waals surface area contributed by atoms with Gasteiger partial charge in [0, 0.05) is 31.8 Å². The minimum absolute atomic E-state index is 0.191. The van der Waals surface area contributed by atoms with E-state index in [0.717, 1.165) is 32.5 Å². The number of furan rings is 1. The third-order valence-corrected chi connectivity index (χ3v) is 5.74. The van der Waals surface area contributed by atoms with Crippen LogP contribution in [0.15, 0.2) is 62.5 Å². The minimum atomic E-state index is -0.426. The molecule has 0 radical (unpaired) electrons. The van der Waals surface area contributed by atoms with Gasteiger partial charge in [0.2, 0.25) is 0 Å². The second-order valence-corrected chi connectivity index (χ2v) is 8.51. The van der Waals surface area contributed by atoms with Crippen molar-refractivity contribution in [3.8, 4) is 5.69 Å². The highest BCUT2D eigenvalue weighted by molar-refractivity contribution is 9.10. The van der Waals surface area contributed by atoms with E-state index in [1.165, 1.54) is 0 Å². The van der Waals surface area contributed by atoms with Crippen LogP contribution in [0.2, 0.25) is 10.0 Å². The molecule has 5 nitrogen and oxygen atoms in total. The number of halogens is 3. The highest BCUT2D eigenvalue weighted by atomic mass is 79.9. The van der Waals surface area contributed by atoms with Crippen molar-refractivity contribution in [2.45, 2.75) is 13.8 Å². The summed E-state index contributed by atoms with van der Waals surface area (Å²) in [5.41, 5.74) is 6.66. The summed E-state index contributed by atoms with van der Waals surface area (Å²) in [5.74, 6) is -0.235. The number of nitrogens with one attached hydrogen (secondary N) is 1. The number of benzene rings is 2. The van der Waals surface area contributed by atoms with Crippen molar-refractivity contribution in [2.24, 2.45) is 5.10 Å². The van der Waals surface area contributed by atoms with E-state index >= 15 is 0 Å². The molecule has 4 rings (SSSR count). The van der Waals surface area contributed by atoms with Gasteiger partial charge in [-0.25, -0.2) is 5.43 Å². The number of hydrazone groups is 1. The number of hydrogen-bond donors (Lipinski definition) is 1. The van der Waals surface area contributed by atoms with Gasteiger partial charge in [0.05, 0.1) is 16.9 Å². The summed E-state index contributed by atoms with van der Waals surface area (Å²) in [7, 11) is 0. The molecule has 0 saturated carbocycles. The number of nitrogens with zero attached hydrogens (tertiary/aromatic N) is 2. The van der Waals surface area contributed by atoms with Crippen molar-refractivity contribution in [3.05, 3.63) is 85.8 Å². The van der Waals surface area contributed by atoms with Crippen LogP contribution < -0.4 is 5.43 Å². The first kappa shape index (κ1) is 20.7. The predicted molar refractivity (Wildman–Crippen MR) is 124 cm³/mol. The topological polar surface area (TPSA) is 59.5 Å². The molecule has 0 bridgehead atoms. The molecule has 2 heterocycles. The molecule has 0 atom stereocenters. The summed E-state index contributed by atoms with van der Waals surface area (Å²) in [4.78, 5) is 12.4. The average Bonchev–Trinajstić information content (AvgIpc) is 3.24. The van der Waals surface area contributed by atoms with E-state index in [2.05, 4.69) is 26.5 Å². The zero-order valence-electron chi connectivity index (χ0n) is 16.0. The summed E-state index contributed by atoms with van der Waals surface area (Å²) >= 11 is 15.9. The van der Waals surface area contributed by atoms with Gasteiger partial charge in [-0.05, 0) is 62.4 Å². The van der Waals surface area contributed by atoms with E-state index in [1.807, 2.05) is 42.7 Å². The van der Waals surface area contributed by atoms with Crippen molar-refractivity contribution < 1.29 is 9.21 Å². The molecule has 0 saturated heterocycles. The van der Waals surface area contributed by atoms with Crippen LogP contribution in [-0.4, -0.2) is 16.7 Å². The number of fused-ring (bicyclic) bond motifs is 1. The predicted octanol–water partition coefficient (Wildman–Crippen LogP) is 6.67. The number of carbonyl (C=O) groups excluding carboxylic acids is 1. The van der Waals surface area contributed by atoms with Crippen LogP contribution in [0, 0.1) is 13.8 Å². The zero-order chi connectivity index (χ0) is 21.4. The quantitative estimate of drug-likeness (QED) is 0.249. The molecule has 152 valence electrons. The van der Waals surface area contributed by atoms with E-state index in [-0.39, 0.29) is 5.76 Å². The van der Waals surface area contributed by atoms with Gasteiger partial charge in [0.15, 0.2) is 5.76 Å². The van der Waals surface area contributed by atoms with Gasteiger partial charge in [-0.1, -0.05) is 39.1 Å². The molecule has 0 aliphatic rings. The third kappa shape index (κ3) is 4.03. The van der Waals surface area contributed by atoms with E-state index in [4.69, 9.17) is 27.6 Å². The van der Waals surface area contributed by atoms with Gasteiger partial charge < -0.3 is 8.98 Å². The molecule has 1 N–H and O–H groups in total. The number of hydrogen-bond acceptors (Lipinski definition) is 3. The summed E-state index contributed by atoms with van der Waals surface area (Å²) in [6, 6.07) is 14.5. The van der Waals surface area contributed by atoms with Gasteiger partial charge in [-0.2, -0.15) is 5.10 Å². The number of aromatic nitrogens is 1. The van der Waals surface area contributed by atoms with Crippen LogP contribution in [0.5, 0.6) is 0 Å². The smallest absolute Gasteiger partial charge is 0.307 e. The molecule has 8 heteroatoms. The number of rotatable bonds is 4. The molecule has 2 aromatic heterocycles. The molecule has 2 aromatic carbocycles. The second-order valence-electron chi connectivity index (χ2n) is 6.75. The molecule has 1 amide bonds. The highest BCUT2D eigenvalue weighted by Crippen LogP contribution is 2.28. The Labute approximate surface area is 191 Å².